The van der Waals surface area contributed by atoms with E-state index in [-0.39, 0.29) is 45.6 Å². The number of aromatic nitrogens is 1. The third kappa shape index (κ3) is 3.71. The maximum absolute atomic E-state index is 13.2. The third-order valence-electron chi connectivity index (χ3n) is 6.76. The number of pyridine rings is 1. The predicted molar refractivity (Wildman–Crippen MR) is 138 cm³/mol. The lowest BCUT2D eigenvalue weighted by Gasteiger charge is -2.26. The fraction of sp³-hybridized carbons (Fsp3) is 0.107. The molecule has 3 heterocycles. The first-order valence-corrected chi connectivity index (χ1v) is 11.7. The van der Waals surface area contributed by atoms with Gasteiger partial charge >= 0.3 is 5.97 Å². The number of aromatic amines is 1. The molecule has 0 saturated heterocycles. The number of hydrogen-bond donors (Lipinski definition) is 5. The van der Waals surface area contributed by atoms with E-state index >= 15 is 0 Å². The van der Waals surface area contributed by atoms with Gasteiger partial charge in [-0.05, 0) is 41.8 Å². The minimum absolute atomic E-state index is 0.0424. The number of hydrogen-bond acceptors (Lipinski definition) is 10. The van der Waals surface area contributed by atoms with Gasteiger partial charge < -0.3 is 39.3 Å². The van der Waals surface area contributed by atoms with Crippen LogP contribution in [0.3, 0.4) is 0 Å². The number of esters is 1. The van der Waals surface area contributed by atoms with Gasteiger partial charge in [-0.1, -0.05) is 0 Å². The van der Waals surface area contributed by atoms with Crippen LogP contribution in [0.15, 0.2) is 62.5 Å². The van der Waals surface area contributed by atoms with E-state index < -0.39 is 45.9 Å². The Morgan fingerprint density at radius 3 is 2.46 bits per heavy atom. The van der Waals surface area contributed by atoms with Crippen molar-refractivity contribution in [1.29, 1.82) is 0 Å². The molecule has 1 atom stereocenters. The summed E-state index contributed by atoms with van der Waals surface area (Å²) in [6.07, 6.45) is -0.280. The predicted octanol–water partition coefficient (Wildman–Crippen LogP) is 3.57. The van der Waals surface area contributed by atoms with E-state index in [9.17, 15) is 34.8 Å². The molecule has 6 rings (SSSR count). The Kier molecular flexibility index (Phi) is 5.25. The third-order valence-corrected chi connectivity index (χ3v) is 6.76. The van der Waals surface area contributed by atoms with Crippen LogP contribution in [0.25, 0.3) is 33.2 Å². The van der Waals surface area contributed by atoms with Crippen LogP contribution in [0.1, 0.15) is 23.5 Å². The molecule has 11 nitrogen and oxygen atoms in total. The van der Waals surface area contributed by atoms with Gasteiger partial charge in [-0.3, -0.25) is 14.4 Å². The number of methoxy groups -OCH3 is 1. The average molecular weight is 529 g/mol. The summed E-state index contributed by atoms with van der Waals surface area (Å²) < 4.78 is 16.5. The highest BCUT2D eigenvalue weighted by atomic mass is 16.5. The number of carbonyl (C=O) groups is 1. The fourth-order valence-electron chi connectivity index (χ4n) is 4.89. The quantitative estimate of drug-likeness (QED) is 0.132. The summed E-state index contributed by atoms with van der Waals surface area (Å²) in [6.45, 7) is 0. The normalized spacial score (nSPS) is 14.8. The van der Waals surface area contributed by atoms with Crippen molar-refractivity contribution in [2.45, 2.75) is 12.3 Å². The van der Waals surface area contributed by atoms with Crippen LogP contribution in [0.2, 0.25) is 0 Å². The van der Waals surface area contributed by atoms with Crippen molar-refractivity contribution in [3.05, 3.63) is 80.2 Å². The smallest absolute Gasteiger partial charge is 0.312 e. The molecule has 196 valence electrons. The first-order chi connectivity index (χ1) is 18.7. The molecular formula is C28H19NO10. The van der Waals surface area contributed by atoms with Crippen molar-refractivity contribution in [3.63, 3.8) is 0 Å². The zero-order chi connectivity index (χ0) is 27.6. The molecule has 5 aromatic rings. The zero-order valence-electron chi connectivity index (χ0n) is 20.1. The summed E-state index contributed by atoms with van der Waals surface area (Å²) in [5.41, 5.74) is -0.855. The van der Waals surface area contributed by atoms with Gasteiger partial charge in [0.1, 0.15) is 28.2 Å². The SMILES string of the molecule is COc1ccc2cc([C@H]3CC(=O)Oc4cc(O)c5c(=O)c(O)c(-c6ccc(O)c(O)c6)oc5c43)c(=O)[nH]c2c1. The van der Waals surface area contributed by atoms with Crippen LogP contribution < -0.4 is 20.5 Å². The first kappa shape index (κ1) is 23.9. The summed E-state index contributed by atoms with van der Waals surface area (Å²) in [7, 11) is 1.50. The van der Waals surface area contributed by atoms with E-state index in [1.807, 2.05) is 0 Å². The number of aromatic hydroxyl groups is 4. The summed E-state index contributed by atoms with van der Waals surface area (Å²) >= 11 is 0. The summed E-state index contributed by atoms with van der Waals surface area (Å²) in [5, 5.41) is 41.2. The van der Waals surface area contributed by atoms with Crippen molar-refractivity contribution in [2.75, 3.05) is 7.11 Å². The van der Waals surface area contributed by atoms with Gasteiger partial charge in [0.05, 0.1) is 19.0 Å². The van der Waals surface area contributed by atoms with E-state index in [0.717, 1.165) is 18.2 Å². The monoisotopic (exact) mass is 529 g/mol. The topological polar surface area (TPSA) is 180 Å². The average Bonchev–Trinajstić information content (AvgIpc) is 2.90. The van der Waals surface area contributed by atoms with Gasteiger partial charge in [0.15, 0.2) is 17.3 Å². The van der Waals surface area contributed by atoms with Crippen LogP contribution in [0, 0.1) is 0 Å². The lowest BCUT2D eigenvalue weighted by atomic mass is 9.85. The van der Waals surface area contributed by atoms with Gasteiger partial charge in [-0.25, -0.2) is 0 Å². The number of fused-ring (bicyclic) bond motifs is 4. The van der Waals surface area contributed by atoms with Gasteiger partial charge in [0, 0.05) is 34.7 Å². The number of H-pyrrole nitrogens is 1. The Morgan fingerprint density at radius 2 is 1.72 bits per heavy atom. The second-order valence-corrected chi connectivity index (χ2v) is 9.06. The van der Waals surface area contributed by atoms with E-state index in [4.69, 9.17) is 13.9 Å². The van der Waals surface area contributed by atoms with Crippen molar-refractivity contribution < 1.29 is 39.1 Å². The van der Waals surface area contributed by atoms with Crippen LogP contribution in [-0.4, -0.2) is 38.5 Å². The minimum atomic E-state index is -0.991. The number of phenols is 3. The van der Waals surface area contributed by atoms with Crippen molar-refractivity contribution in [2.24, 2.45) is 0 Å². The Balaban J connectivity index is 1.66. The molecule has 0 aliphatic carbocycles. The summed E-state index contributed by atoms with van der Waals surface area (Å²) in [5.74, 6) is -4.01. The van der Waals surface area contributed by atoms with Crippen molar-refractivity contribution in [3.8, 4) is 45.8 Å². The number of nitrogens with one attached hydrogen (secondary N) is 1. The molecule has 0 unspecified atom stereocenters. The lowest BCUT2D eigenvalue weighted by Crippen LogP contribution is -2.26. The maximum Gasteiger partial charge on any atom is 0.312 e. The molecule has 5 N–H and O–H groups in total. The number of rotatable bonds is 3. The van der Waals surface area contributed by atoms with Gasteiger partial charge in [-0.15, -0.1) is 0 Å². The van der Waals surface area contributed by atoms with E-state index in [0.29, 0.717) is 16.7 Å². The van der Waals surface area contributed by atoms with Crippen molar-refractivity contribution >= 4 is 27.8 Å². The van der Waals surface area contributed by atoms with Crippen LogP contribution >= 0.6 is 0 Å². The summed E-state index contributed by atoms with van der Waals surface area (Å²) in [4.78, 5) is 41.8. The van der Waals surface area contributed by atoms with Crippen LogP contribution in [0.4, 0.5) is 0 Å². The Hall–Kier alpha value is -5.45. The maximum atomic E-state index is 13.2. The second-order valence-electron chi connectivity index (χ2n) is 9.06. The molecule has 0 bridgehead atoms. The van der Waals surface area contributed by atoms with Crippen molar-refractivity contribution in [1.82, 2.24) is 4.98 Å². The van der Waals surface area contributed by atoms with E-state index in [1.54, 1.807) is 24.3 Å². The van der Waals surface area contributed by atoms with Gasteiger partial charge in [-0.2, -0.15) is 0 Å². The Labute approximate surface area is 217 Å². The molecule has 0 fully saturated rings. The van der Waals surface area contributed by atoms with Crippen LogP contribution in [-0.2, 0) is 4.79 Å². The molecule has 39 heavy (non-hydrogen) atoms. The van der Waals surface area contributed by atoms with E-state index in [2.05, 4.69) is 4.98 Å². The van der Waals surface area contributed by atoms with E-state index in [1.165, 1.54) is 13.2 Å². The number of phenolic OH excluding ortho intramolecular Hbond substituents is 3. The molecule has 0 spiro atoms. The largest absolute Gasteiger partial charge is 0.507 e. The molecule has 0 amide bonds. The number of ether oxygens (including phenoxy) is 2. The molecule has 0 saturated carbocycles. The Bertz CT molecular complexity index is 1970. The zero-order valence-corrected chi connectivity index (χ0v) is 20.1. The lowest BCUT2D eigenvalue weighted by molar-refractivity contribution is -0.135. The highest BCUT2D eigenvalue weighted by Crippen LogP contribution is 2.47. The first-order valence-electron chi connectivity index (χ1n) is 11.7. The molecule has 1 aliphatic rings. The van der Waals surface area contributed by atoms with Gasteiger partial charge in [0.2, 0.25) is 11.2 Å². The van der Waals surface area contributed by atoms with Crippen LogP contribution in [0.5, 0.6) is 34.5 Å². The molecular weight excluding hydrogens is 510 g/mol. The standard InChI is InChI=1S/C28H19NO10/c1-37-13-4-2-11-6-15(28(36)29-16(11)8-13)14-9-21(33)38-20-10-19(32)23-24(34)25(35)26(39-27(23)22(14)20)12-3-5-17(30)18(31)7-12/h2-8,10,14,30-32,35H,9H2,1H3,(H,29,36)/t14-/m1/s1. The molecule has 11 heteroatoms. The van der Waals surface area contributed by atoms with Gasteiger partial charge in [0.25, 0.3) is 5.56 Å². The molecule has 3 aromatic carbocycles. The highest BCUT2D eigenvalue weighted by Gasteiger charge is 2.36. The fourth-order valence-corrected chi connectivity index (χ4v) is 4.89. The Morgan fingerprint density at radius 1 is 0.923 bits per heavy atom. The highest BCUT2D eigenvalue weighted by molar-refractivity contribution is 5.94. The minimum Gasteiger partial charge on any atom is -0.507 e. The second kappa shape index (κ2) is 8.55. The molecule has 2 aromatic heterocycles. The number of carbonyl (C=O) groups excluding carboxylic acids is 1. The summed E-state index contributed by atoms with van der Waals surface area (Å²) in [6, 6.07) is 11.3. The number of benzene rings is 3. The molecule has 0 radical (unpaired) electrons. The molecule has 1 aliphatic heterocycles.